The number of hydrogen-bond donors (Lipinski definition) is 1. The van der Waals surface area contributed by atoms with Crippen LogP contribution < -0.4 is 0 Å². The van der Waals surface area contributed by atoms with E-state index in [1.54, 1.807) is 0 Å². The summed E-state index contributed by atoms with van der Waals surface area (Å²) in [4.78, 5) is 7.83. The molecule has 0 fully saturated rings. The van der Waals surface area contributed by atoms with E-state index in [9.17, 15) is 0 Å². The van der Waals surface area contributed by atoms with Gasteiger partial charge in [0.1, 0.15) is 0 Å². The first-order valence-electron chi connectivity index (χ1n) is 7.35. The van der Waals surface area contributed by atoms with Crippen LogP contribution in [0.1, 0.15) is 16.8 Å². The van der Waals surface area contributed by atoms with Gasteiger partial charge in [-0.1, -0.05) is 30.8 Å². The summed E-state index contributed by atoms with van der Waals surface area (Å²) in [5.74, 6) is 0. The molecule has 2 nitrogen and oxygen atoms in total. The van der Waals surface area contributed by atoms with Crippen LogP contribution in [-0.4, -0.2) is 9.97 Å². The number of rotatable bonds is 2. The number of aryl methyl sites for hydroxylation is 1. The number of fused-ring (bicyclic) bond motifs is 2. The average Bonchev–Trinajstić information content (AvgIpc) is 3.00. The number of nitrogens with one attached hydrogen (secondary N) is 1. The molecule has 0 saturated carbocycles. The van der Waals surface area contributed by atoms with Crippen LogP contribution in [-0.2, 0) is 0 Å². The molecule has 2 aromatic heterocycles. The van der Waals surface area contributed by atoms with Gasteiger partial charge in [-0.3, -0.25) is 4.98 Å². The van der Waals surface area contributed by atoms with Crippen LogP contribution in [0.4, 0.5) is 0 Å². The highest BCUT2D eigenvalue weighted by molar-refractivity contribution is 5.97. The van der Waals surface area contributed by atoms with Crippen molar-refractivity contribution >= 4 is 27.4 Å². The Balaban J connectivity index is 1.92. The Hall–Kier alpha value is -2.87. The molecule has 0 amide bonds. The van der Waals surface area contributed by atoms with Gasteiger partial charge in [-0.25, -0.2) is 0 Å². The zero-order chi connectivity index (χ0) is 15.1. The smallest absolute Gasteiger partial charge is 0.0711 e. The van der Waals surface area contributed by atoms with E-state index >= 15 is 0 Å². The van der Waals surface area contributed by atoms with Crippen molar-refractivity contribution in [3.63, 3.8) is 0 Å². The lowest BCUT2D eigenvalue weighted by Crippen LogP contribution is -1.93. The van der Waals surface area contributed by atoms with Gasteiger partial charge in [0, 0.05) is 22.8 Å². The first-order valence-corrected chi connectivity index (χ1v) is 7.35. The molecule has 0 radical (unpaired) electrons. The molecule has 2 aromatic carbocycles. The summed E-state index contributed by atoms with van der Waals surface area (Å²) < 4.78 is 0. The molecule has 0 spiro atoms. The van der Waals surface area contributed by atoms with Crippen molar-refractivity contribution in [1.82, 2.24) is 9.97 Å². The summed E-state index contributed by atoms with van der Waals surface area (Å²) in [6.07, 6.45) is 1.96. The molecule has 0 saturated heterocycles. The number of H-pyrrole nitrogens is 1. The maximum atomic E-state index is 4.61. The van der Waals surface area contributed by atoms with Crippen molar-refractivity contribution in [2.45, 2.75) is 6.92 Å². The molecule has 0 aliphatic rings. The second kappa shape index (κ2) is 4.85. The Morgan fingerprint density at radius 3 is 2.82 bits per heavy atom. The SMILES string of the molecule is C=C(c1ccc2[nH]ccc2c1)c1cc(C)nc2ccccc12. The van der Waals surface area contributed by atoms with E-state index < -0.39 is 0 Å². The van der Waals surface area contributed by atoms with E-state index in [1.807, 2.05) is 25.3 Å². The summed E-state index contributed by atoms with van der Waals surface area (Å²) in [7, 11) is 0. The third-order valence-electron chi connectivity index (χ3n) is 4.07. The van der Waals surface area contributed by atoms with Gasteiger partial charge in [-0.15, -0.1) is 0 Å². The molecule has 2 heteroatoms. The molecule has 4 aromatic rings. The number of pyridine rings is 1. The molecule has 0 unspecified atom stereocenters. The summed E-state index contributed by atoms with van der Waals surface area (Å²) in [6, 6.07) is 18.8. The van der Waals surface area contributed by atoms with Crippen molar-refractivity contribution in [2.24, 2.45) is 0 Å². The Morgan fingerprint density at radius 2 is 1.91 bits per heavy atom. The summed E-state index contributed by atoms with van der Waals surface area (Å²) >= 11 is 0. The molecular weight excluding hydrogens is 268 g/mol. The van der Waals surface area contributed by atoms with Gasteiger partial charge in [0.05, 0.1) is 5.52 Å². The third-order valence-corrected chi connectivity index (χ3v) is 4.07. The van der Waals surface area contributed by atoms with Gasteiger partial charge in [-0.2, -0.15) is 0 Å². The molecule has 2 heterocycles. The van der Waals surface area contributed by atoms with Crippen LogP contribution in [0.25, 0.3) is 27.4 Å². The number of benzene rings is 2. The molecule has 0 aliphatic carbocycles. The molecule has 106 valence electrons. The summed E-state index contributed by atoms with van der Waals surface area (Å²) in [5, 5.41) is 2.35. The van der Waals surface area contributed by atoms with Crippen LogP contribution in [0.2, 0.25) is 0 Å². The predicted molar refractivity (Wildman–Crippen MR) is 92.9 cm³/mol. The van der Waals surface area contributed by atoms with E-state index in [4.69, 9.17) is 0 Å². The lowest BCUT2D eigenvalue weighted by Gasteiger charge is -2.11. The van der Waals surface area contributed by atoms with Crippen LogP contribution >= 0.6 is 0 Å². The maximum Gasteiger partial charge on any atom is 0.0711 e. The number of hydrogen-bond acceptors (Lipinski definition) is 1. The Morgan fingerprint density at radius 1 is 1.05 bits per heavy atom. The van der Waals surface area contributed by atoms with Gasteiger partial charge in [0.15, 0.2) is 0 Å². The Labute approximate surface area is 129 Å². The van der Waals surface area contributed by atoms with Crippen molar-refractivity contribution in [2.75, 3.05) is 0 Å². The molecule has 0 aliphatic heterocycles. The Bertz CT molecular complexity index is 1010. The van der Waals surface area contributed by atoms with Crippen LogP contribution in [0.15, 0.2) is 67.4 Å². The molecule has 0 bridgehead atoms. The van der Waals surface area contributed by atoms with E-state index in [2.05, 4.69) is 59.0 Å². The highest BCUT2D eigenvalue weighted by Gasteiger charge is 2.09. The lowest BCUT2D eigenvalue weighted by atomic mass is 9.95. The fourth-order valence-electron chi connectivity index (χ4n) is 2.95. The van der Waals surface area contributed by atoms with Gasteiger partial charge in [0.25, 0.3) is 0 Å². The number of nitrogens with zero attached hydrogens (tertiary/aromatic N) is 1. The predicted octanol–water partition coefficient (Wildman–Crippen LogP) is 5.09. The van der Waals surface area contributed by atoms with Gasteiger partial charge < -0.3 is 4.98 Å². The minimum Gasteiger partial charge on any atom is -0.361 e. The zero-order valence-electron chi connectivity index (χ0n) is 12.4. The van der Waals surface area contributed by atoms with E-state index in [0.717, 1.165) is 38.8 Å². The Kier molecular flexibility index (Phi) is 2.83. The van der Waals surface area contributed by atoms with Crippen molar-refractivity contribution in [3.8, 4) is 0 Å². The second-order valence-electron chi connectivity index (χ2n) is 5.59. The topological polar surface area (TPSA) is 28.7 Å². The van der Waals surface area contributed by atoms with Gasteiger partial charge in [0.2, 0.25) is 0 Å². The first kappa shape index (κ1) is 12.8. The standard InChI is InChI=1S/C20H16N2/c1-13-11-18(17-5-3-4-6-20(17)22-13)14(2)15-7-8-19-16(12-15)9-10-21-19/h3-12,21H,2H2,1H3. The minimum atomic E-state index is 1.01. The molecular formula is C20H16N2. The number of aromatic nitrogens is 2. The second-order valence-corrected chi connectivity index (χ2v) is 5.59. The van der Waals surface area contributed by atoms with Crippen molar-refractivity contribution < 1.29 is 0 Å². The maximum absolute atomic E-state index is 4.61. The normalized spacial score (nSPS) is 11.1. The molecule has 4 rings (SSSR count). The zero-order valence-corrected chi connectivity index (χ0v) is 12.4. The monoisotopic (exact) mass is 284 g/mol. The van der Waals surface area contributed by atoms with Gasteiger partial charge >= 0.3 is 0 Å². The van der Waals surface area contributed by atoms with E-state index in [0.29, 0.717) is 0 Å². The quantitative estimate of drug-likeness (QED) is 0.546. The van der Waals surface area contributed by atoms with Crippen molar-refractivity contribution in [1.29, 1.82) is 0 Å². The fraction of sp³-hybridized carbons (Fsp3) is 0.0500. The molecule has 1 N–H and O–H groups in total. The third kappa shape index (κ3) is 2.01. The molecule has 0 atom stereocenters. The minimum absolute atomic E-state index is 1.01. The van der Waals surface area contributed by atoms with Crippen molar-refractivity contribution in [3.05, 3.63) is 84.2 Å². The lowest BCUT2D eigenvalue weighted by molar-refractivity contribution is 1.25. The van der Waals surface area contributed by atoms with Crippen LogP contribution in [0.5, 0.6) is 0 Å². The van der Waals surface area contributed by atoms with Gasteiger partial charge in [-0.05, 0) is 59.3 Å². The number of para-hydroxylation sites is 1. The average molecular weight is 284 g/mol. The molecule has 22 heavy (non-hydrogen) atoms. The van der Waals surface area contributed by atoms with E-state index in [-0.39, 0.29) is 0 Å². The highest BCUT2D eigenvalue weighted by Crippen LogP contribution is 2.30. The summed E-state index contributed by atoms with van der Waals surface area (Å²) in [5.41, 5.74) is 6.50. The van der Waals surface area contributed by atoms with E-state index in [1.165, 1.54) is 5.39 Å². The number of aromatic amines is 1. The first-order chi connectivity index (χ1) is 10.7. The van der Waals surface area contributed by atoms with Crippen LogP contribution in [0.3, 0.4) is 0 Å². The largest absolute Gasteiger partial charge is 0.361 e. The summed E-state index contributed by atoms with van der Waals surface area (Å²) in [6.45, 7) is 6.37. The fourth-order valence-corrected chi connectivity index (χ4v) is 2.95. The van der Waals surface area contributed by atoms with Crippen LogP contribution in [0, 0.1) is 6.92 Å². The highest BCUT2D eigenvalue weighted by atomic mass is 14.7.